The van der Waals surface area contributed by atoms with E-state index < -0.39 is 0 Å². The standard InChI is InChI=1S/C16H35ClN/c1-4-5-6-7-8-9-10-11-12-13-14-15-18(2,3)16-17/h4-16H2,1-3H3/q+1. The largest absolute Gasteiger partial charge is 0.316 e. The van der Waals surface area contributed by atoms with Crippen LogP contribution in [0.1, 0.15) is 77.6 Å². The van der Waals surface area contributed by atoms with Gasteiger partial charge in [-0.2, -0.15) is 0 Å². The summed E-state index contributed by atoms with van der Waals surface area (Å²) in [4.78, 5) is 0. The molecule has 0 rings (SSSR count). The lowest BCUT2D eigenvalue weighted by Gasteiger charge is -2.26. The second kappa shape index (κ2) is 12.3. The number of quaternary nitrogens is 1. The Bertz CT molecular complexity index is 168. The lowest BCUT2D eigenvalue weighted by Crippen LogP contribution is -2.38. The topological polar surface area (TPSA) is 0 Å². The predicted octanol–water partition coefficient (Wildman–Crippen LogP) is 5.57. The zero-order valence-corrected chi connectivity index (χ0v) is 13.8. The van der Waals surface area contributed by atoms with Gasteiger partial charge in [-0.1, -0.05) is 76.3 Å². The SMILES string of the molecule is CCCCCCCCCCCCC[N+](C)(C)CCl. The molecule has 0 atom stereocenters. The van der Waals surface area contributed by atoms with Crippen molar-refractivity contribution in [2.75, 3.05) is 26.6 Å². The van der Waals surface area contributed by atoms with Crippen molar-refractivity contribution in [3.8, 4) is 0 Å². The molecule has 0 saturated carbocycles. The van der Waals surface area contributed by atoms with Gasteiger partial charge in [0.25, 0.3) is 0 Å². The first-order valence-corrected chi connectivity index (χ1v) is 8.54. The molecule has 0 aliphatic carbocycles. The fraction of sp³-hybridized carbons (Fsp3) is 1.00. The minimum absolute atomic E-state index is 0.734. The number of halogens is 1. The summed E-state index contributed by atoms with van der Waals surface area (Å²) >= 11 is 5.90. The second-order valence-electron chi connectivity index (χ2n) is 6.31. The highest BCUT2D eigenvalue weighted by Gasteiger charge is 2.11. The maximum atomic E-state index is 5.90. The number of hydrogen-bond acceptors (Lipinski definition) is 0. The van der Waals surface area contributed by atoms with Gasteiger partial charge in [0.05, 0.1) is 20.6 Å². The fourth-order valence-corrected chi connectivity index (χ4v) is 2.38. The number of alkyl halides is 1. The molecule has 18 heavy (non-hydrogen) atoms. The van der Waals surface area contributed by atoms with Crippen LogP contribution in [0, 0.1) is 0 Å². The van der Waals surface area contributed by atoms with Gasteiger partial charge in [-0.15, -0.1) is 0 Å². The average molecular weight is 277 g/mol. The molecule has 0 fully saturated rings. The zero-order chi connectivity index (χ0) is 13.7. The molecule has 0 aliphatic rings. The molecule has 0 saturated heterocycles. The molecule has 0 spiro atoms. The van der Waals surface area contributed by atoms with E-state index in [1.54, 1.807) is 0 Å². The van der Waals surface area contributed by atoms with E-state index in [0.717, 1.165) is 10.5 Å². The number of hydrogen-bond donors (Lipinski definition) is 0. The Hall–Kier alpha value is 0.250. The van der Waals surface area contributed by atoms with Gasteiger partial charge in [0.1, 0.15) is 0 Å². The number of unbranched alkanes of at least 4 members (excludes halogenated alkanes) is 10. The first-order valence-electron chi connectivity index (χ1n) is 8.00. The zero-order valence-electron chi connectivity index (χ0n) is 13.0. The number of rotatable bonds is 13. The van der Waals surface area contributed by atoms with Crippen molar-refractivity contribution in [2.24, 2.45) is 0 Å². The molecule has 0 radical (unpaired) electrons. The Kier molecular flexibility index (Phi) is 12.5. The summed E-state index contributed by atoms with van der Waals surface area (Å²) in [6, 6.07) is 0.734. The molecule has 0 heterocycles. The monoisotopic (exact) mass is 276 g/mol. The minimum Gasteiger partial charge on any atom is -0.316 e. The Balaban J connectivity index is 3.08. The van der Waals surface area contributed by atoms with Gasteiger partial charge in [-0.05, 0) is 12.8 Å². The molecule has 0 bridgehead atoms. The van der Waals surface area contributed by atoms with E-state index in [0.29, 0.717) is 0 Å². The maximum Gasteiger partial charge on any atom is 0.154 e. The summed E-state index contributed by atoms with van der Waals surface area (Å²) in [5.74, 6) is 0. The maximum absolute atomic E-state index is 5.90. The van der Waals surface area contributed by atoms with Crippen molar-refractivity contribution in [2.45, 2.75) is 77.6 Å². The van der Waals surface area contributed by atoms with Gasteiger partial charge in [0.2, 0.25) is 0 Å². The molecule has 0 aromatic heterocycles. The highest BCUT2D eigenvalue weighted by molar-refractivity contribution is 6.16. The van der Waals surface area contributed by atoms with Gasteiger partial charge in [-0.25, -0.2) is 0 Å². The highest BCUT2D eigenvalue weighted by Crippen LogP contribution is 2.12. The first kappa shape index (κ1) is 18.2. The number of nitrogens with zero attached hydrogens (tertiary/aromatic N) is 1. The highest BCUT2D eigenvalue weighted by atomic mass is 35.5. The average Bonchev–Trinajstić information content (AvgIpc) is 2.36. The van der Waals surface area contributed by atoms with Gasteiger partial charge >= 0.3 is 0 Å². The summed E-state index contributed by atoms with van der Waals surface area (Å²) in [6.07, 6.45) is 15.6. The summed E-state index contributed by atoms with van der Waals surface area (Å²) < 4.78 is 0.957. The molecule has 1 nitrogen and oxygen atoms in total. The van der Waals surface area contributed by atoms with Crippen molar-refractivity contribution < 1.29 is 4.48 Å². The van der Waals surface area contributed by atoms with Crippen LogP contribution in [0.3, 0.4) is 0 Å². The third kappa shape index (κ3) is 12.7. The molecule has 2 heteroatoms. The van der Waals surface area contributed by atoms with Gasteiger partial charge in [0.15, 0.2) is 6.00 Å². The molecular weight excluding hydrogens is 242 g/mol. The Morgan fingerprint density at radius 3 is 1.44 bits per heavy atom. The fourth-order valence-electron chi connectivity index (χ4n) is 2.26. The van der Waals surface area contributed by atoms with Crippen LogP contribution in [0.15, 0.2) is 0 Å². The lowest BCUT2D eigenvalue weighted by atomic mass is 10.1. The predicted molar refractivity (Wildman–Crippen MR) is 84.2 cm³/mol. The molecule has 0 unspecified atom stereocenters. The second-order valence-corrected chi connectivity index (χ2v) is 6.55. The van der Waals surface area contributed by atoms with E-state index in [2.05, 4.69) is 21.0 Å². The van der Waals surface area contributed by atoms with Crippen LogP contribution in [0.25, 0.3) is 0 Å². The summed E-state index contributed by atoms with van der Waals surface area (Å²) in [6.45, 7) is 3.50. The van der Waals surface area contributed by atoms with Crippen molar-refractivity contribution in [3.05, 3.63) is 0 Å². The van der Waals surface area contributed by atoms with Crippen LogP contribution in [0.4, 0.5) is 0 Å². The van der Waals surface area contributed by atoms with Gasteiger partial charge < -0.3 is 4.48 Å². The Morgan fingerprint density at radius 1 is 0.667 bits per heavy atom. The molecule has 110 valence electrons. The molecule has 0 amide bonds. The minimum atomic E-state index is 0.734. The quantitative estimate of drug-likeness (QED) is 0.179. The molecule has 0 aromatic carbocycles. The van der Waals surface area contributed by atoms with Crippen molar-refractivity contribution in [1.29, 1.82) is 0 Å². The van der Waals surface area contributed by atoms with E-state index in [-0.39, 0.29) is 0 Å². The third-order valence-electron chi connectivity index (χ3n) is 3.69. The molecule has 0 N–H and O–H groups in total. The van der Waals surface area contributed by atoms with Crippen LogP contribution in [0.2, 0.25) is 0 Å². The van der Waals surface area contributed by atoms with Crippen molar-refractivity contribution >= 4 is 11.6 Å². The van der Waals surface area contributed by atoms with Gasteiger partial charge in [0, 0.05) is 0 Å². The third-order valence-corrected chi connectivity index (χ3v) is 4.34. The lowest BCUT2D eigenvalue weighted by molar-refractivity contribution is -0.879. The van der Waals surface area contributed by atoms with E-state index in [1.807, 2.05) is 0 Å². The smallest absolute Gasteiger partial charge is 0.154 e. The summed E-state index contributed by atoms with van der Waals surface area (Å²) in [5, 5.41) is 0. The Morgan fingerprint density at radius 2 is 1.06 bits per heavy atom. The van der Waals surface area contributed by atoms with Crippen molar-refractivity contribution in [1.82, 2.24) is 0 Å². The molecule has 0 aliphatic heterocycles. The summed E-state index contributed by atoms with van der Waals surface area (Å²) in [7, 11) is 4.42. The molecular formula is C16H35ClN+. The van der Waals surface area contributed by atoms with Crippen LogP contribution in [-0.4, -0.2) is 31.1 Å². The van der Waals surface area contributed by atoms with E-state index in [1.165, 1.54) is 77.2 Å². The van der Waals surface area contributed by atoms with E-state index in [4.69, 9.17) is 11.6 Å². The molecule has 0 aromatic rings. The summed E-state index contributed by atoms with van der Waals surface area (Å²) in [5.41, 5.74) is 0. The van der Waals surface area contributed by atoms with Crippen LogP contribution >= 0.6 is 11.6 Å². The van der Waals surface area contributed by atoms with E-state index >= 15 is 0 Å². The first-order chi connectivity index (χ1) is 8.62. The van der Waals surface area contributed by atoms with Crippen LogP contribution < -0.4 is 0 Å². The van der Waals surface area contributed by atoms with Gasteiger partial charge in [-0.3, -0.25) is 0 Å². The normalized spacial score (nSPS) is 12.0. The van der Waals surface area contributed by atoms with Crippen LogP contribution in [-0.2, 0) is 0 Å². The van der Waals surface area contributed by atoms with Crippen LogP contribution in [0.5, 0.6) is 0 Å². The Labute approximate surface area is 120 Å². The van der Waals surface area contributed by atoms with Crippen molar-refractivity contribution in [3.63, 3.8) is 0 Å². The van der Waals surface area contributed by atoms with E-state index in [9.17, 15) is 0 Å².